The number of methoxy groups -OCH3 is 1. The molecule has 0 aliphatic carbocycles. The highest BCUT2D eigenvalue weighted by Crippen LogP contribution is 2.11. The maximum Gasteiger partial charge on any atom is 0.271 e. The molecule has 7 nitrogen and oxygen atoms in total. The van der Waals surface area contributed by atoms with Crippen molar-refractivity contribution in [3.05, 3.63) is 77.7 Å². The van der Waals surface area contributed by atoms with E-state index in [0.29, 0.717) is 18.9 Å². The highest BCUT2D eigenvalue weighted by Gasteiger charge is 2.08. The molecule has 3 rings (SSSR count). The van der Waals surface area contributed by atoms with E-state index in [1.807, 2.05) is 36.4 Å². The molecule has 0 aliphatic heterocycles. The van der Waals surface area contributed by atoms with E-state index in [2.05, 4.69) is 25.8 Å². The van der Waals surface area contributed by atoms with Gasteiger partial charge in [-0.05, 0) is 47.9 Å². The summed E-state index contributed by atoms with van der Waals surface area (Å²) in [5, 5.41) is 14.0. The van der Waals surface area contributed by atoms with Gasteiger partial charge < -0.3 is 15.4 Å². The van der Waals surface area contributed by atoms with Crippen molar-refractivity contribution in [2.24, 2.45) is 0 Å². The Kier molecular flexibility index (Phi) is 6.30. The summed E-state index contributed by atoms with van der Waals surface area (Å²) in [5.74, 6) is 1.18. The number of benzene rings is 1. The summed E-state index contributed by atoms with van der Waals surface area (Å²) in [7, 11) is 1.63. The van der Waals surface area contributed by atoms with Crippen molar-refractivity contribution in [1.29, 1.82) is 0 Å². The number of hydrogen-bond acceptors (Lipinski definition) is 6. The van der Waals surface area contributed by atoms with Crippen molar-refractivity contribution in [1.82, 2.24) is 20.5 Å². The molecule has 1 amide bonds. The van der Waals surface area contributed by atoms with Crippen molar-refractivity contribution < 1.29 is 9.53 Å². The Morgan fingerprint density at radius 1 is 1.04 bits per heavy atom. The van der Waals surface area contributed by atoms with Crippen LogP contribution < -0.4 is 15.4 Å². The van der Waals surface area contributed by atoms with Crippen LogP contribution in [-0.4, -0.2) is 34.7 Å². The van der Waals surface area contributed by atoms with E-state index < -0.39 is 0 Å². The maximum atomic E-state index is 12.2. The van der Waals surface area contributed by atoms with Crippen molar-refractivity contribution in [2.45, 2.75) is 13.0 Å². The lowest BCUT2D eigenvalue weighted by atomic mass is 10.1. The average Bonchev–Trinajstić information content (AvgIpc) is 2.74. The first-order valence-electron chi connectivity index (χ1n) is 8.62. The SMILES string of the molecule is COc1ccc(CCNC(=O)c2ccc(NCc3cccnc3)nn2)cc1. The van der Waals surface area contributed by atoms with Gasteiger partial charge in [-0.25, -0.2) is 0 Å². The van der Waals surface area contributed by atoms with Crippen LogP contribution in [0, 0.1) is 0 Å². The number of nitrogens with zero attached hydrogens (tertiary/aromatic N) is 3. The number of nitrogens with one attached hydrogen (secondary N) is 2. The Labute approximate surface area is 157 Å². The molecular weight excluding hydrogens is 342 g/mol. The Hall–Kier alpha value is -3.48. The molecule has 0 unspecified atom stereocenters. The van der Waals surface area contributed by atoms with E-state index in [0.717, 1.165) is 23.3 Å². The number of carbonyl (C=O) groups excluding carboxylic acids is 1. The summed E-state index contributed by atoms with van der Waals surface area (Å²) in [6.07, 6.45) is 4.24. The Balaban J connectivity index is 1.45. The van der Waals surface area contributed by atoms with Gasteiger partial charge in [-0.3, -0.25) is 9.78 Å². The average molecular weight is 363 g/mol. The molecule has 0 atom stereocenters. The van der Waals surface area contributed by atoms with Crippen LogP contribution in [0.3, 0.4) is 0 Å². The lowest BCUT2D eigenvalue weighted by molar-refractivity contribution is 0.0948. The number of aromatic nitrogens is 3. The quantitative estimate of drug-likeness (QED) is 0.639. The van der Waals surface area contributed by atoms with E-state index in [-0.39, 0.29) is 11.6 Å². The van der Waals surface area contributed by atoms with Crippen LogP contribution in [0.4, 0.5) is 5.82 Å². The molecule has 0 radical (unpaired) electrons. The summed E-state index contributed by atoms with van der Waals surface area (Å²) in [4.78, 5) is 16.2. The zero-order chi connectivity index (χ0) is 18.9. The van der Waals surface area contributed by atoms with Gasteiger partial charge in [0.2, 0.25) is 0 Å². The van der Waals surface area contributed by atoms with Crippen molar-refractivity contribution >= 4 is 11.7 Å². The van der Waals surface area contributed by atoms with Gasteiger partial charge in [-0.1, -0.05) is 18.2 Å². The third-order valence-corrected chi connectivity index (χ3v) is 3.95. The first-order valence-corrected chi connectivity index (χ1v) is 8.62. The van der Waals surface area contributed by atoms with Crippen LogP contribution in [0.5, 0.6) is 5.75 Å². The molecular formula is C20H21N5O2. The second kappa shape index (κ2) is 9.28. The Morgan fingerprint density at radius 3 is 2.56 bits per heavy atom. The summed E-state index contributed by atoms with van der Waals surface area (Å²) in [6.45, 7) is 1.11. The number of anilines is 1. The molecule has 2 aromatic heterocycles. The number of pyridine rings is 1. The third-order valence-electron chi connectivity index (χ3n) is 3.95. The summed E-state index contributed by atoms with van der Waals surface area (Å²) in [5.41, 5.74) is 2.45. The predicted octanol–water partition coefficient (Wildman–Crippen LogP) is 2.46. The largest absolute Gasteiger partial charge is 0.497 e. The zero-order valence-corrected chi connectivity index (χ0v) is 15.1. The molecule has 0 spiro atoms. The minimum absolute atomic E-state index is 0.241. The van der Waals surface area contributed by atoms with Gasteiger partial charge in [0.15, 0.2) is 5.69 Å². The fourth-order valence-corrected chi connectivity index (χ4v) is 2.45. The van der Waals surface area contributed by atoms with E-state index in [1.54, 1.807) is 31.6 Å². The van der Waals surface area contributed by atoms with Crippen molar-refractivity contribution in [2.75, 3.05) is 19.0 Å². The van der Waals surface area contributed by atoms with E-state index in [1.165, 1.54) is 0 Å². The van der Waals surface area contributed by atoms with E-state index in [9.17, 15) is 4.79 Å². The molecule has 2 N–H and O–H groups in total. The van der Waals surface area contributed by atoms with Crippen LogP contribution in [0.25, 0.3) is 0 Å². The molecule has 0 fully saturated rings. The highest BCUT2D eigenvalue weighted by molar-refractivity contribution is 5.92. The maximum absolute atomic E-state index is 12.2. The number of carbonyl (C=O) groups is 1. The molecule has 27 heavy (non-hydrogen) atoms. The molecule has 138 valence electrons. The first-order chi connectivity index (χ1) is 13.2. The van der Waals surface area contributed by atoms with Crippen molar-refractivity contribution in [3.8, 4) is 5.75 Å². The van der Waals surface area contributed by atoms with Gasteiger partial charge >= 0.3 is 0 Å². The minimum Gasteiger partial charge on any atom is -0.497 e. The molecule has 0 saturated carbocycles. The lowest BCUT2D eigenvalue weighted by Gasteiger charge is -2.07. The molecule has 1 aromatic carbocycles. The fraction of sp³-hybridized carbons (Fsp3) is 0.200. The van der Waals surface area contributed by atoms with E-state index in [4.69, 9.17) is 4.74 Å². The molecule has 3 aromatic rings. The van der Waals surface area contributed by atoms with Crippen LogP contribution >= 0.6 is 0 Å². The smallest absolute Gasteiger partial charge is 0.271 e. The lowest BCUT2D eigenvalue weighted by Crippen LogP contribution is -2.26. The normalized spacial score (nSPS) is 10.3. The van der Waals surface area contributed by atoms with Crippen LogP contribution in [0.1, 0.15) is 21.6 Å². The highest BCUT2D eigenvalue weighted by atomic mass is 16.5. The minimum atomic E-state index is -0.241. The number of amides is 1. The molecule has 0 saturated heterocycles. The van der Waals surface area contributed by atoms with E-state index >= 15 is 0 Å². The van der Waals surface area contributed by atoms with Gasteiger partial charge in [-0.2, -0.15) is 0 Å². The number of hydrogen-bond donors (Lipinski definition) is 2. The standard InChI is InChI=1S/C20H21N5O2/c1-27-17-6-4-15(5-7-17)10-12-22-20(26)18-8-9-19(25-24-18)23-14-16-3-2-11-21-13-16/h2-9,11,13H,10,12,14H2,1H3,(H,22,26)(H,23,25). The summed E-state index contributed by atoms with van der Waals surface area (Å²) < 4.78 is 5.13. The fourth-order valence-electron chi connectivity index (χ4n) is 2.45. The third kappa shape index (κ3) is 5.50. The van der Waals surface area contributed by atoms with Crippen LogP contribution in [-0.2, 0) is 13.0 Å². The predicted molar refractivity (Wildman–Crippen MR) is 103 cm³/mol. The molecule has 0 aliphatic rings. The first kappa shape index (κ1) is 18.3. The summed E-state index contributed by atoms with van der Waals surface area (Å²) >= 11 is 0. The van der Waals surface area contributed by atoms with Crippen molar-refractivity contribution in [3.63, 3.8) is 0 Å². The zero-order valence-electron chi connectivity index (χ0n) is 15.1. The van der Waals surface area contributed by atoms with Gasteiger partial charge in [0.05, 0.1) is 7.11 Å². The summed E-state index contributed by atoms with van der Waals surface area (Å²) in [6, 6.07) is 15.0. The second-order valence-corrected chi connectivity index (χ2v) is 5.87. The number of rotatable bonds is 8. The Morgan fingerprint density at radius 2 is 1.89 bits per heavy atom. The van der Waals surface area contributed by atoms with Gasteiger partial charge in [-0.15, -0.1) is 10.2 Å². The molecule has 2 heterocycles. The van der Waals surface area contributed by atoms with Gasteiger partial charge in [0, 0.05) is 25.5 Å². The van der Waals surface area contributed by atoms with Crippen LogP contribution in [0.2, 0.25) is 0 Å². The number of ether oxygens (including phenoxy) is 1. The Bertz CT molecular complexity index is 852. The van der Waals surface area contributed by atoms with Gasteiger partial charge in [0.25, 0.3) is 5.91 Å². The molecule has 0 bridgehead atoms. The topological polar surface area (TPSA) is 89.0 Å². The monoisotopic (exact) mass is 363 g/mol. The van der Waals surface area contributed by atoms with Crippen LogP contribution in [0.15, 0.2) is 60.9 Å². The second-order valence-electron chi connectivity index (χ2n) is 5.87. The van der Waals surface area contributed by atoms with Gasteiger partial charge in [0.1, 0.15) is 11.6 Å². The molecule has 7 heteroatoms.